The Hall–Kier alpha value is -3.91. The molecule has 1 saturated heterocycles. The quantitative estimate of drug-likeness (QED) is 0.378. The van der Waals surface area contributed by atoms with Gasteiger partial charge in [-0.25, -0.2) is 22.0 Å². The monoisotopic (exact) mass is 614 g/mol. The van der Waals surface area contributed by atoms with Gasteiger partial charge in [0.2, 0.25) is 5.91 Å². The first kappa shape index (κ1) is 28.6. The first-order chi connectivity index (χ1) is 19.2. The van der Waals surface area contributed by atoms with E-state index in [9.17, 15) is 40.0 Å². The van der Waals surface area contributed by atoms with Gasteiger partial charge in [0.05, 0.1) is 28.3 Å². The number of sulfonamides is 1. The number of hydrogen-bond donors (Lipinski definition) is 2. The average Bonchev–Trinajstić information content (AvgIpc) is 3.52. The lowest BCUT2D eigenvalue weighted by molar-refractivity contribution is -0.137. The molecular weight excluding hydrogens is 595 g/mol. The van der Waals surface area contributed by atoms with E-state index < -0.39 is 55.9 Å². The predicted molar refractivity (Wildman–Crippen MR) is 141 cm³/mol. The Morgan fingerprint density at radius 2 is 1.68 bits per heavy atom. The van der Waals surface area contributed by atoms with Crippen LogP contribution in [0, 0.1) is 11.6 Å². The van der Waals surface area contributed by atoms with Crippen LogP contribution in [0.15, 0.2) is 53.4 Å². The van der Waals surface area contributed by atoms with Crippen LogP contribution in [0.25, 0.3) is 0 Å². The van der Waals surface area contributed by atoms with E-state index in [4.69, 9.17) is 11.6 Å². The first-order valence-electron chi connectivity index (χ1n) is 12.1. The SMILES string of the molecule is O=C1NCCN1c1cc(S(=O)(=O)Nc2c(F)cc(Cl)cc2F)cc2c1N(C(=O)Cc1ccc(C(F)(F)F)cc1)CC2. The van der Waals surface area contributed by atoms with Crippen molar-refractivity contribution in [1.82, 2.24) is 5.32 Å². The van der Waals surface area contributed by atoms with Crippen LogP contribution in [0.4, 0.5) is 43.8 Å². The molecule has 5 rings (SSSR count). The summed E-state index contributed by atoms with van der Waals surface area (Å²) in [5.74, 6) is -2.96. The van der Waals surface area contributed by atoms with E-state index in [1.54, 1.807) is 0 Å². The number of hydrogen-bond acceptors (Lipinski definition) is 4. The topological polar surface area (TPSA) is 98.8 Å². The van der Waals surface area contributed by atoms with Crippen molar-refractivity contribution >= 4 is 50.6 Å². The maximum atomic E-state index is 14.3. The summed E-state index contributed by atoms with van der Waals surface area (Å²) in [7, 11) is -4.59. The summed E-state index contributed by atoms with van der Waals surface area (Å²) in [6, 6.07) is 7.44. The Kier molecular flexibility index (Phi) is 7.32. The Morgan fingerprint density at radius 1 is 1.02 bits per heavy atom. The number of anilines is 3. The van der Waals surface area contributed by atoms with Crippen LogP contribution in [0.1, 0.15) is 16.7 Å². The molecule has 8 nitrogen and oxygen atoms in total. The summed E-state index contributed by atoms with van der Waals surface area (Å²) in [5.41, 5.74) is -0.755. The van der Waals surface area contributed by atoms with Crippen LogP contribution in [-0.2, 0) is 33.8 Å². The van der Waals surface area contributed by atoms with Gasteiger partial charge in [-0.2, -0.15) is 13.2 Å². The summed E-state index contributed by atoms with van der Waals surface area (Å²) >= 11 is 5.62. The van der Waals surface area contributed by atoms with Crippen molar-refractivity contribution in [1.29, 1.82) is 0 Å². The highest BCUT2D eigenvalue weighted by Gasteiger charge is 2.35. The number of halogens is 6. The maximum absolute atomic E-state index is 14.3. The van der Waals surface area contributed by atoms with Crippen LogP contribution < -0.4 is 19.8 Å². The van der Waals surface area contributed by atoms with Crippen molar-refractivity contribution in [3.8, 4) is 0 Å². The number of benzene rings is 3. The zero-order chi connectivity index (χ0) is 29.7. The second kappa shape index (κ2) is 10.5. The zero-order valence-electron chi connectivity index (χ0n) is 20.9. The molecule has 0 aromatic heterocycles. The van der Waals surface area contributed by atoms with E-state index in [0.717, 1.165) is 30.3 Å². The molecule has 3 aromatic carbocycles. The minimum absolute atomic E-state index is 0.0770. The van der Waals surface area contributed by atoms with Gasteiger partial charge in [-0.05, 0) is 53.9 Å². The number of urea groups is 1. The lowest BCUT2D eigenvalue weighted by Gasteiger charge is -2.25. The molecule has 0 saturated carbocycles. The highest BCUT2D eigenvalue weighted by atomic mass is 35.5. The number of carbonyl (C=O) groups is 2. The molecule has 2 heterocycles. The lowest BCUT2D eigenvalue weighted by Crippen LogP contribution is -2.34. The molecule has 0 atom stereocenters. The third kappa shape index (κ3) is 5.66. The molecule has 3 aromatic rings. The Morgan fingerprint density at radius 3 is 2.27 bits per heavy atom. The summed E-state index contributed by atoms with van der Waals surface area (Å²) in [6.45, 7) is 0.488. The number of alkyl halides is 3. The summed E-state index contributed by atoms with van der Waals surface area (Å²) in [4.78, 5) is 28.0. The number of fused-ring (bicyclic) bond motifs is 1. The molecular formula is C26H20ClF5N4O4S. The Bertz CT molecular complexity index is 1640. The summed E-state index contributed by atoms with van der Waals surface area (Å²) in [5, 5.41) is 2.32. The molecule has 2 aliphatic heterocycles. The normalized spacial score (nSPS) is 15.2. The minimum atomic E-state index is -4.59. The van der Waals surface area contributed by atoms with E-state index in [-0.39, 0.29) is 48.9 Å². The lowest BCUT2D eigenvalue weighted by atomic mass is 10.1. The highest BCUT2D eigenvalue weighted by molar-refractivity contribution is 7.92. The molecule has 3 amide bonds. The van der Waals surface area contributed by atoms with E-state index in [1.165, 1.54) is 28.0 Å². The van der Waals surface area contributed by atoms with E-state index in [2.05, 4.69) is 5.32 Å². The fourth-order valence-corrected chi connectivity index (χ4v) is 6.06. The largest absolute Gasteiger partial charge is 0.416 e. The van der Waals surface area contributed by atoms with Crippen LogP contribution >= 0.6 is 11.6 Å². The molecule has 0 radical (unpaired) electrons. The van der Waals surface area contributed by atoms with Gasteiger partial charge in [-0.15, -0.1) is 0 Å². The van der Waals surface area contributed by atoms with Crippen LogP contribution in [-0.4, -0.2) is 40.0 Å². The third-order valence-corrected chi connectivity index (χ3v) is 8.20. The smallest absolute Gasteiger partial charge is 0.336 e. The number of amides is 3. The van der Waals surface area contributed by atoms with Crippen LogP contribution in [0.2, 0.25) is 5.02 Å². The van der Waals surface area contributed by atoms with E-state index >= 15 is 0 Å². The number of nitrogens with one attached hydrogen (secondary N) is 2. The standard InChI is InChI=1S/C26H20ClF5N4O4S/c27-17-11-19(28)23(20(29)12-17)34-41(39,40)18-10-15-5-7-36(24(15)21(13-18)35-8-6-33-25(35)38)22(37)9-14-1-3-16(4-2-14)26(30,31)32/h1-4,10-13,34H,5-9H2,(H,33,38). The number of nitrogens with zero attached hydrogens (tertiary/aromatic N) is 2. The van der Waals surface area contributed by atoms with Gasteiger partial charge in [0, 0.05) is 24.7 Å². The molecule has 2 N–H and O–H groups in total. The molecule has 15 heteroatoms. The Balaban J connectivity index is 1.50. The van der Waals surface area contributed by atoms with Crippen molar-refractivity contribution < 1.29 is 40.0 Å². The predicted octanol–water partition coefficient (Wildman–Crippen LogP) is 5.10. The summed E-state index contributed by atoms with van der Waals surface area (Å²) in [6.07, 6.45) is -4.59. The molecule has 2 aliphatic rings. The molecule has 0 spiro atoms. The zero-order valence-corrected chi connectivity index (χ0v) is 22.4. The summed E-state index contributed by atoms with van der Waals surface area (Å²) < 4.78 is 95.8. The van der Waals surface area contributed by atoms with Crippen molar-refractivity contribution in [2.75, 3.05) is 34.2 Å². The molecule has 0 aliphatic carbocycles. The second-order valence-corrected chi connectivity index (χ2v) is 11.5. The van der Waals surface area contributed by atoms with Gasteiger partial charge in [0.25, 0.3) is 10.0 Å². The van der Waals surface area contributed by atoms with Crippen molar-refractivity contribution in [3.05, 3.63) is 81.9 Å². The van der Waals surface area contributed by atoms with Gasteiger partial charge in [0.15, 0.2) is 11.6 Å². The van der Waals surface area contributed by atoms with Gasteiger partial charge >= 0.3 is 12.2 Å². The average molecular weight is 615 g/mol. The van der Waals surface area contributed by atoms with Crippen LogP contribution in [0.5, 0.6) is 0 Å². The Labute approximate surface area is 235 Å². The van der Waals surface area contributed by atoms with E-state index in [0.29, 0.717) is 11.1 Å². The number of rotatable bonds is 6. The van der Waals surface area contributed by atoms with Crippen molar-refractivity contribution in [3.63, 3.8) is 0 Å². The van der Waals surface area contributed by atoms with Crippen LogP contribution in [0.3, 0.4) is 0 Å². The fraction of sp³-hybridized carbons (Fsp3) is 0.231. The molecule has 41 heavy (non-hydrogen) atoms. The highest BCUT2D eigenvalue weighted by Crippen LogP contribution is 2.41. The van der Waals surface area contributed by atoms with Gasteiger partial charge in [0.1, 0.15) is 5.69 Å². The fourth-order valence-electron chi connectivity index (χ4n) is 4.72. The van der Waals surface area contributed by atoms with Crippen molar-refractivity contribution in [2.45, 2.75) is 23.9 Å². The maximum Gasteiger partial charge on any atom is 0.416 e. The molecule has 1 fully saturated rings. The van der Waals surface area contributed by atoms with Gasteiger partial charge < -0.3 is 10.2 Å². The first-order valence-corrected chi connectivity index (χ1v) is 14.0. The molecule has 0 unspecified atom stereocenters. The van der Waals surface area contributed by atoms with E-state index in [1.807, 2.05) is 4.72 Å². The van der Waals surface area contributed by atoms with Gasteiger partial charge in [-0.3, -0.25) is 14.4 Å². The van der Waals surface area contributed by atoms with Crippen molar-refractivity contribution in [2.24, 2.45) is 0 Å². The minimum Gasteiger partial charge on any atom is -0.336 e. The second-order valence-electron chi connectivity index (χ2n) is 9.35. The molecule has 0 bridgehead atoms. The number of carbonyl (C=O) groups excluding carboxylic acids is 2. The van der Waals surface area contributed by atoms with Gasteiger partial charge in [-0.1, -0.05) is 23.7 Å². The third-order valence-electron chi connectivity index (χ3n) is 6.66. The molecule has 216 valence electrons.